The van der Waals surface area contributed by atoms with E-state index in [0.29, 0.717) is 6.32 Å². The van der Waals surface area contributed by atoms with Crippen LogP contribution in [0, 0.1) is 0 Å². The van der Waals surface area contributed by atoms with Gasteiger partial charge in [-0.3, -0.25) is 0 Å². The number of aliphatic hydroxyl groups is 2. The SMILES string of the molecule is CC(C)(O)C(C)(C)O.CCCCCCCCCCCCB(O)O. The Hall–Kier alpha value is -0.0951. The first-order chi connectivity index (χ1) is 10.5. The first kappa shape index (κ1) is 25.1. The standard InChI is InChI=1S/C12H27BO2.C6H14O2/c1-2-3-4-5-6-7-8-9-10-11-12-13(14)15;1-5(2,7)6(3,4)8/h14-15H,2-12H2,1H3;7-8H,1-4H3. The fourth-order valence-electron chi connectivity index (χ4n) is 1.81. The fraction of sp³-hybridized carbons (Fsp3) is 1.00. The molecule has 0 unspecified atom stereocenters. The predicted octanol–water partition coefficient (Wildman–Crippen LogP) is 3.91. The van der Waals surface area contributed by atoms with Crippen molar-refractivity contribution in [1.29, 1.82) is 0 Å². The molecule has 0 aromatic heterocycles. The Kier molecular flexibility index (Phi) is 15.6. The molecule has 4 N–H and O–H groups in total. The summed E-state index contributed by atoms with van der Waals surface area (Å²) in [6, 6.07) is 0. The van der Waals surface area contributed by atoms with Crippen LogP contribution in [0.4, 0.5) is 0 Å². The molecular weight excluding hydrogens is 291 g/mol. The maximum Gasteiger partial charge on any atom is 0.451 e. The molecule has 0 atom stereocenters. The van der Waals surface area contributed by atoms with Crippen molar-refractivity contribution in [3.63, 3.8) is 0 Å². The number of rotatable bonds is 12. The average molecular weight is 332 g/mol. The lowest BCUT2D eigenvalue weighted by Gasteiger charge is -2.31. The maximum atomic E-state index is 9.10. The molecule has 0 fully saturated rings. The molecule has 23 heavy (non-hydrogen) atoms. The van der Waals surface area contributed by atoms with Crippen molar-refractivity contribution in [3.8, 4) is 0 Å². The van der Waals surface area contributed by atoms with Gasteiger partial charge in [0, 0.05) is 0 Å². The Labute approximate surface area is 144 Å². The van der Waals surface area contributed by atoms with Gasteiger partial charge in [-0.25, -0.2) is 0 Å². The van der Waals surface area contributed by atoms with Gasteiger partial charge in [-0.05, 0) is 34.0 Å². The third-order valence-corrected chi connectivity index (χ3v) is 4.31. The summed E-state index contributed by atoms with van der Waals surface area (Å²) in [6.45, 7) is 8.55. The van der Waals surface area contributed by atoms with E-state index in [1.807, 2.05) is 0 Å². The summed E-state index contributed by atoms with van der Waals surface area (Å²) in [5, 5.41) is 35.5. The molecule has 5 heteroatoms. The van der Waals surface area contributed by atoms with Gasteiger partial charge in [0.15, 0.2) is 0 Å². The van der Waals surface area contributed by atoms with Crippen LogP contribution in [0.1, 0.15) is 98.8 Å². The zero-order valence-corrected chi connectivity index (χ0v) is 16.1. The van der Waals surface area contributed by atoms with Crippen molar-refractivity contribution in [2.45, 2.75) is 116 Å². The Balaban J connectivity index is 0. The molecule has 0 rings (SSSR count). The predicted molar refractivity (Wildman–Crippen MR) is 99.4 cm³/mol. The van der Waals surface area contributed by atoms with E-state index in [-0.39, 0.29) is 0 Å². The highest BCUT2D eigenvalue weighted by atomic mass is 16.4. The van der Waals surface area contributed by atoms with Gasteiger partial charge in [-0.2, -0.15) is 0 Å². The highest BCUT2D eigenvalue weighted by molar-refractivity contribution is 6.40. The maximum absolute atomic E-state index is 9.10. The molecule has 0 saturated heterocycles. The minimum atomic E-state index is -1.10. The van der Waals surface area contributed by atoms with E-state index < -0.39 is 18.3 Å². The Bertz CT molecular complexity index is 232. The van der Waals surface area contributed by atoms with Crippen LogP contribution in [0.2, 0.25) is 6.32 Å². The first-order valence-electron chi connectivity index (χ1n) is 9.33. The fourth-order valence-corrected chi connectivity index (χ4v) is 1.81. The molecule has 0 saturated carbocycles. The lowest BCUT2D eigenvalue weighted by Crippen LogP contribution is -2.44. The molecule has 0 heterocycles. The van der Waals surface area contributed by atoms with E-state index in [1.165, 1.54) is 51.4 Å². The molecule has 0 aliphatic heterocycles. The highest BCUT2D eigenvalue weighted by Crippen LogP contribution is 2.19. The van der Waals surface area contributed by atoms with Gasteiger partial charge in [0.05, 0.1) is 11.2 Å². The number of hydrogen-bond donors (Lipinski definition) is 4. The van der Waals surface area contributed by atoms with Gasteiger partial charge in [0.1, 0.15) is 0 Å². The summed E-state index contributed by atoms with van der Waals surface area (Å²) in [4.78, 5) is 0. The normalized spacial score (nSPS) is 11.9. The Morgan fingerprint density at radius 2 is 0.913 bits per heavy atom. The lowest BCUT2D eigenvalue weighted by molar-refractivity contribution is -0.107. The van der Waals surface area contributed by atoms with Gasteiger partial charge in [0.25, 0.3) is 0 Å². The molecule has 0 radical (unpaired) electrons. The van der Waals surface area contributed by atoms with Crippen LogP contribution in [0.3, 0.4) is 0 Å². The summed E-state index contributed by atoms with van der Waals surface area (Å²) in [6.07, 6.45) is 13.4. The van der Waals surface area contributed by atoms with Crippen LogP contribution >= 0.6 is 0 Å². The summed E-state index contributed by atoms with van der Waals surface area (Å²) in [5.74, 6) is 0. The number of hydrogen-bond acceptors (Lipinski definition) is 4. The van der Waals surface area contributed by atoms with Gasteiger partial charge in [-0.15, -0.1) is 0 Å². The van der Waals surface area contributed by atoms with Crippen molar-refractivity contribution < 1.29 is 20.3 Å². The van der Waals surface area contributed by atoms with E-state index in [9.17, 15) is 0 Å². The lowest BCUT2D eigenvalue weighted by atomic mass is 9.83. The summed E-state index contributed by atoms with van der Waals surface area (Å²) < 4.78 is 0. The summed E-state index contributed by atoms with van der Waals surface area (Å²) in [7, 11) is -1.10. The summed E-state index contributed by atoms with van der Waals surface area (Å²) in [5.41, 5.74) is -2.01. The Morgan fingerprint density at radius 3 is 1.17 bits per heavy atom. The Morgan fingerprint density at radius 1 is 0.609 bits per heavy atom. The quantitative estimate of drug-likeness (QED) is 0.323. The number of unbranched alkanes of at least 4 members (excludes halogenated alkanes) is 9. The van der Waals surface area contributed by atoms with Crippen LogP contribution < -0.4 is 0 Å². The van der Waals surface area contributed by atoms with Crippen molar-refractivity contribution in [2.75, 3.05) is 0 Å². The second-order valence-corrected chi connectivity index (χ2v) is 7.57. The summed E-state index contributed by atoms with van der Waals surface area (Å²) >= 11 is 0. The topological polar surface area (TPSA) is 80.9 Å². The van der Waals surface area contributed by atoms with Crippen molar-refractivity contribution >= 4 is 7.12 Å². The van der Waals surface area contributed by atoms with Crippen molar-refractivity contribution in [2.24, 2.45) is 0 Å². The minimum absolute atomic E-state index is 0.538. The molecule has 0 aromatic rings. The first-order valence-corrected chi connectivity index (χ1v) is 9.33. The molecule has 0 bridgehead atoms. The van der Waals surface area contributed by atoms with Gasteiger partial charge in [0.2, 0.25) is 0 Å². The van der Waals surface area contributed by atoms with Crippen LogP contribution in [0.5, 0.6) is 0 Å². The molecule has 4 nitrogen and oxygen atoms in total. The molecule has 0 aliphatic rings. The zero-order valence-electron chi connectivity index (χ0n) is 16.1. The van der Waals surface area contributed by atoms with Crippen LogP contribution in [-0.2, 0) is 0 Å². The van der Waals surface area contributed by atoms with Crippen LogP contribution in [-0.4, -0.2) is 38.6 Å². The van der Waals surface area contributed by atoms with E-state index in [1.54, 1.807) is 27.7 Å². The van der Waals surface area contributed by atoms with Crippen molar-refractivity contribution in [1.82, 2.24) is 0 Å². The minimum Gasteiger partial charge on any atom is -0.427 e. The monoisotopic (exact) mass is 332 g/mol. The van der Waals surface area contributed by atoms with E-state index in [2.05, 4.69) is 6.92 Å². The third-order valence-electron chi connectivity index (χ3n) is 4.31. The average Bonchev–Trinajstić information content (AvgIpc) is 2.39. The van der Waals surface area contributed by atoms with Gasteiger partial charge < -0.3 is 20.3 Å². The van der Waals surface area contributed by atoms with E-state index >= 15 is 0 Å². The highest BCUT2D eigenvalue weighted by Gasteiger charge is 2.31. The van der Waals surface area contributed by atoms with E-state index in [4.69, 9.17) is 20.3 Å². The van der Waals surface area contributed by atoms with Gasteiger partial charge in [-0.1, -0.05) is 71.1 Å². The van der Waals surface area contributed by atoms with E-state index in [0.717, 1.165) is 12.8 Å². The molecule has 0 amide bonds. The van der Waals surface area contributed by atoms with Crippen LogP contribution in [0.25, 0.3) is 0 Å². The smallest absolute Gasteiger partial charge is 0.427 e. The second kappa shape index (κ2) is 14.3. The third kappa shape index (κ3) is 19.9. The molecular formula is C18H41BO4. The van der Waals surface area contributed by atoms with Gasteiger partial charge >= 0.3 is 7.12 Å². The largest absolute Gasteiger partial charge is 0.451 e. The molecule has 0 spiro atoms. The zero-order chi connectivity index (χ0) is 18.4. The van der Waals surface area contributed by atoms with Crippen LogP contribution in [0.15, 0.2) is 0 Å². The second-order valence-electron chi connectivity index (χ2n) is 7.57. The molecule has 140 valence electrons. The van der Waals surface area contributed by atoms with Crippen molar-refractivity contribution in [3.05, 3.63) is 0 Å². The molecule has 0 aromatic carbocycles. The molecule has 0 aliphatic carbocycles.